The maximum atomic E-state index is 12.7. The number of halogens is 3. The lowest BCUT2D eigenvalue weighted by Gasteiger charge is -2.18. The third kappa shape index (κ3) is 5.84. The zero-order chi connectivity index (χ0) is 26.1. The van der Waals surface area contributed by atoms with E-state index in [9.17, 15) is 18.0 Å². The first-order chi connectivity index (χ1) is 16.9. The van der Waals surface area contributed by atoms with Crippen molar-refractivity contribution >= 4 is 11.6 Å². The Morgan fingerprint density at radius 1 is 1.00 bits per heavy atom. The predicted octanol–water partition coefficient (Wildman–Crippen LogP) is 6.63. The molecule has 0 spiro atoms. The van der Waals surface area contributed by atoms with Crippen LogP contribution in [0.4, 0.5) is 18.9 Å². The molecule has 1 amide bonds. The van der Waals surface area contributed by atoms with E-state index in [1.165, 1.54) is 12.1 Å². The number of carbonyl (C=O) groups excluding carboxylic acids is 1. The quantitative estimate of drug-likeness (QED) is 0.394. The number of hydrogen-bond acceptors (Lipinski definition) is 5. The van der Waals surface area contributed by atoms with Gasteiger partial charge in [-0.2, -0.15) is 13.2 Å². The van der Waals surface area contributed by atoms with Gasteiger partial charge in [-0.05, 0) is 75.4 Å². The highest BCUT2D eigenvalue weighted by atomic mass is 19.4. The van der Waals surface area contributed by atoms with Crippen molar-refractivity contribution in [2.45, 2.75) is 45.1 Å². The van der Waals surface area contributed by atoms with E-state index in [-0.39, 0.29) is 17.3 Å². The maximum absolute atomic E-state index is 12.7. The Bertz CT molecular complexity index is 1240. The number of rotatable bonds is 7. The van der Waals surface area contributed by atoms with E-state index in [1.807, 2.05) is 19.9 Å². The van der Waals surface area contributed by atoms with Crippen molar-refractivity contribution in [1.82, 2.24) is 0 Å². The second-order valence-corrected chi connectivity index (χ2v) is 9.05. The van der Waals surface area contributed by atoms with E-state index >= 15 is 0 Å². The van der Waals surface area contributed by atoms with Crippen LogP contribution in [-0.4, -0.2) is 24.7 Å². The number of fused-ring (bicyclic) bond motifs is 1. The van der Waals surface area contributed by atoms with Crippen LogP contribution >= 0.6 is 0 Å². The minimum atomic E-state index is -4.40. The van der Waals surface area contributed by atoms with Gasteiger partial charge >= 0.3 is 6.18 Å². The van der Waals surface area contributed by atoms with Gasteiger partial charge in [0.25, 0.3) is 5.91 Å². The Hall–Kier alpha value is -3.88. The molecule has 0 saturated heterocycles. The van der Waals surface area contributed by atoms with Crippen LogP contribution in [-0.2, 0) is 17.4 Å². The molecule has 0 aliphatic carbocycles. The van der Waals surface area contributed by atoms with Gasteiger partial charge in [-0.1, -0.05) is 0 Å². The van der Waals surface area contributed by atoms with E-state index in [1.54, 1.807) is 44.4 Å². The zero-order valence-electron chi connectivity index (χ0n) is 20.2. The topological polar surface area (TPSA) is 66.0 Å². The zero-order valence-corrected chi connectivity index (χ0v) is 20.2. The molecule has 4 rings (SSSR count). The molecule has 3 aromatic carbocycles. The largest absolute Gasteiger partial charge is 0.493 e. The molecule has 0 aromatic heterocycles. The molecular weight excluding hydrogens is 475 g/mol. The van der Waals surface area contributed by atoms with Crippen LogP contribution in [0.2, 0.25) is 0 Å². The normalized spacial score (nSPS) is 14.9. The molecule has 0 unspecified atom stereocenters. The molecule has 1 N–H and O–H groups in total. The van der Waals surface area contributed by atoms with Crippen LogP contribution < -0.4 is 24.3 Å². The first-order valence-corrected chi connectivity index (χ1v) is 11.3. The monoisotopic (exact) mass is 501 g/mol. The molecule has 1 heterocycles. The van der Waals surface area contributed by atoms with Gasteiger partial charge in [0, 0.05) is 23.7 Å². The van der Waals surface area contributed by atoms with Crippen LogP contribution in [0.25, 0.3) is 0 Å². The Morgan fingerprint density at radius 3 is 2.17 bits per heavy atom. The highest BCUT2D eigenvalue weighted by molar-refractivity contribution is 5.94. The summed E-state index contributed by atoms with van der Waals surface area (Å²) in [5.74, 6) is 1.99. The lowest BCUT2D eigenvalue weighted by atomic mass is 10.0. The Morgan fingerprint density at radius 2 is 1.58 bits per heavy atom. The summed E-state index contributed by atoms with van der Waals surface area (Å²) in [6.07, 6.45) is -4.52. The van der Waals surface area contributed by atoms with E-state index in [0.29, 0.717) is 35.1 Å². The summed E-state index contributed by atoms with van der Waals surface area (Å²) in [5, 5.41) is 2.85. The van der Waals surface area contributed by atoms with Crippen LogP contribution in [0, 0.1) is 0 Å². The predicted molar refractivity (Wildman–Crippen MR) is 128 cm³/mol. The van der Waals surface area contributed by atoms with Gasteiger partial charge in [0.05, 0.1) is 12.7 Å². The molecule has 1 atom stereocenters. The van der Waals surface area contributed by atoms with Crippen molar-refractivity contribution in [1.29, 1.82) is 0 Å². The second kappa shape index (κ2) is 9.64. The maximum Gasteiger partial charge on any atom is 0.416 e. The smallest absolute Gasteiger partial charge is 0.416 e. The molecule has 0 fully saturated rings. The van der Waals surface area contributed by atoms with Crippen LogP contribution in [0.3, 0.4) is 0 Å². The van der Waals surface area contributed by atoms with Crippen molar-refractivity contribution in [2.24, 2.45) is 0 Å². The fraction of sp³-hybridized carbons (Fsp3) is 0.296. The molecule has 1 aliphatic rings. The molecular formula is C27H26F3NO5. The van der Waals surface area contributed by atoms with Crippen molar-refractivity contribution in [3.05, 3.63) is 71.8 Å². The van der Waals surface area contributed by atoms with Gasteiger partial charge in [0.15, 0.2) is 17.6 Å². The van der Waals surface area contributed by atoms with Crippen LogP contribution in [0.15, 0.2) is 60.7 Å². The summed E-state index contributed by atoms with van der Waals surface area (Å²) in [7, 11) is 1.55. The van der Waals surface area contributed by atoms with Crippen molar-refractivity contribution in [2.75, 3.05) is 12.4 Å². The summed E-state index contributed by atoms with van der Waals surface area (Å²) >= 11 is 0. The van der Waals surface area contributed by atoms with Crippen molar-refractivity contribution in [3.8, 4) is 28.7 Å². The lowest BCUT2D eigenvalue weighted by Crippen LogP contribution is -2.30. The molecule has 0 bridgehead atoms. The summed E-state index contributed by atoms with van der Waals surface area (Å²) in [4.78, 5) is 12.7. The molecule has 36 heavy (non-hydrogen) atoms. The van der Waals surface area contributed by atoms with E-state index < -0.39 is 17.8 Å². The third-order valence-corrected chi connectivity index (χ3v) is 5.54. The molecule has 3 aromatic rings. The molecule has 1 aliphatic heterocycles. The van der Waals surface area contributed by atoms with Gasteiger partial charge in [0.2, 0.25) is 0 Å². The minimum Gasteiger partial charge on any atom is -0.493 e. The summed E-state index contributed by atoms with van der Waals surface area (Å²) in [6, 6.07) is 14.4. The molecule has 6 nitrogen and oxygen atoms in total. The number of amides is 1. The second-order valence-electron chi connectivity index (χ2n) is 9.05. The van der Waals surface area contributed by atoms with Crippen LogP contribution in [0.1, 0.15) is 31.9 Å². The number of benzene rings is 3. The van der Waals surface area contributed by atoms with E-state index in [2.05, 4.69) is 5.32 Å². The Balaban J connectivity index is 1.36. The molecule has 190 valence electrons. The number of carbonyl (C=O) groups is 1. The number of anilines is 1. The summed E-state index contributed by atoms with van der Waals surface area (Å²) < 4.78 is 60.8. The number of methoxy groups -OCH3 is 1. The number of alkyl halides is 3. The first kappa shape index (κ1) is 25.2. The number of nitrogens with one attached hydrogen (secondary N) is 1. The average Bonchev–Trinajstić information content (AvgIpc) is 3.13. The highest BCUT2D eigenvalue weighted by Gasteiger charge is 2.33. The fourth-order valence-corrected chi connectivity index (χ4v) is 3.84. The fourth-order valence-electron chi connectivity index (χ4n) is 3.84. The molecule has 0 saturated carbocycles. The van der Waals surface area contributed by atoms with Gasteiger partial charge in [-0.25, -0.2) is 0 Å². The van der Waals surface area contributed by atoms with Crippen LogP contribution in [0.5, 0.6) is 28.7 Å². The first-order valence-electron chi connectivity index (χ1n) is 11.3. The van der Waals surface area contributed by atoms with Gasteiger partial charge in [-0.15, -0.1) is 0 Å². The standard InChI is InChI=1S/C27H26F3NO5/c1-16(25(32)31-19-13-17-15-26(2,3)36-24(17)23(14-19)33-4)34-20-9-11-22(12-10-20)35-21-7-5-18(6-8-21)27(28,29)30/h5-14,16H,15H2,1-4H3,(H,31,32)/t16-/m1/s1. The van der Waals surface area contributed by atoms with Gasteiger partial charge in [0.1, 0.15) is 22.8 Å². The number of hydrogen-bond donors (Lipinski definition) is 1. The Labute approximate surface area is 206 Å². The van der Waals surface area contributed by atoms with Crippen molar-refractivity contribution < 1.29 is 36.9 Å². The molecule has 9 heteroatoms. The molecule has 0 radical (unpaired) electrons. The summed E-state index contributed by atoms with van der Waals surface area (Å²) in [5.41, 5.74) is 0.428. The van der Waals surface area contributed by atoms with Crippen molar-refractivity contribution in [3.63, 3.8) is 0 Å². The lowest BCUT2D eigenvalue weighted by molar-refractivity contribution is -0.137. The van der Waals surface area contributed by atoms with Gasteiger partial charge in [-0.3, -0.25) is 4.79 Å². The van der Waals surface area contributed by atoms with E-state index in [0.717, 1.165) is 17.7 Å². The highest BCUT2D eigenvalue weighted by Crippen LogP contribution is 2.43. The SMILES string of the molecule is COc1cc(NC(=O)[C@@H](C)Oc2ccc(Oc3ccc(C(F)(F)F)cc3)cc2)cc2c1OC(C)(C)C2. The average molecular weight is 502 g/mol. The van der Waals surface area contributed by atoms with E-state index in [4.69, 9.17) is 18.9 Å². The summed E-state index contributed by atoms with van der Waals surface area (Å²) in [6.45, 7) is 5.60. The minimum absolute atomic E-state index is 0.267. The van der Waals surface area contributed by atoms with Gasteiger partial charge < -0.3 is 24.3 Å². The third-order valence-electron chi connectivity index (χ3n) is 5.54. The Kier molecular flexibility index (Phi) is 6.75. The number of ether oxygens (including phenoxy) is 4.